The minimum atomic E-state index is -0.0104. The molecule has 1 aromatic carbocycles. The third-order valence-electron chi connectivity index (χ3n) is 4.01. The molecule has 0 spiro atoms. The Labute approximate surface area is 116 Å². The van der Waals surface area contributed by atoms with E-state index in [0.29, 0.717) is 6.54 Å². The van der Waals surface area contributed by atoms with Crippen LogP contribution < -0.4 is 15.8 Å². The zero-order valence-electron chi connectivity index (χ0n) is 12.1. The van der Waals surface area contributed by atoms with Gasteiger partial charge in [0.1, 0.15) is 5.75 Å². The van der Waals surface area contributed by atoms with Gasteiger partial charge in [0.2, 0.25) is 0 Å². The maximum absolute atomic E-state index is 5.96. The van der Waals surface area contributed by atoms with Crippen molar-refractivity contribution in [2.45, 2.75) is 38.1 Å². The van der Waals surface area contributed by atoms with Crippen LogP contribution in [0.15, 0.2) is 24.3 Å². The molecule has 19 heavy (non-hydrogen) atoms. The quantitative estimate of drug-likeness (QED) is 0.756. The first kappa shape index (κ1) is 14.4. The minimum Gasteiger partial charge on any atom is -0.497 e. The molecule has 0 amide bonds. The Kier molecular flexibility index (Phi) is 4.83. The molecule has 0 aromatic heterocycles. The second-order valence-corrected chi connectivity index (χ2v) is 5.95. The zero-order chi connectivity index (χ0) is 13.7. The van der Waals surface area contributed by atoms with E-state index in [9.17, 15) is 0 Å². The number of hydrogen-bond donors (Lipinski definition) is 2. The largest absolute Gasteiger partial charge is 0.497 e. The van der Waals surface area contributed by atoms with E-state index in [2.05, 4.69) is 24.4 Å². The maximum Gasteiger partial charge on any atom is 0.118 e. The van der Waals surface area contributed by atoms with Crippen molar-refractivity contribution in [1.82, 2.24) is 5.32 Å². The van der Waals surface area contributed by atoms with Gasteiger partial charge in [-0.05, 0) is 49.9 Å². The van der Waals surface area contributed by atoms with Gasteiger partial charge in [-0.2, -0.15) is 0 Å². The Bertz CT molecular complexity index is 386. The summed E-state index contributed by atoms with van der Waals surface area (Å²) in [5.74, 6) is 1.87. The lowest BCUT2D eigenvalue weighted by atomic mass is 9.92. The molecule has 1 unspecified atom stereocenters. The van der Waals surface area contributed by atoms with Gasteiger partial charge in [0.15, 0.2) is 0 Å². The summed E-state index contributed by atoms with van der Waals surface area (Å²) in [5, 5.41) is 3.64. The zero-order valence-corrected chi connectivity index (χ0v) is 12.1. The highest BCUT2D eigenvalue weighted by Gasteiger charge is 2.25. The van der Waals surface area contributed by atoms with E-state index in [1.165, 1.54) is 24.8 Å². The predicted molar refractivity (Wildman–Crippen MR) is 79.5 cm³/mol. The molecule has 0 aliphatic heterocycles. The van der Waals surface area contributed by atoms with Crippen LogP contribution in [0.3, 0.4) is 0 Å². The second-order valence-electron chi connectivity index (χ2n) is 5.95. The van der Waals surface area contributed by atoms with E-state index in [0.717, 1.165) is 24.6 Å². The van der Waals surface area contributed by atoms with Gasteiger partial charge < -0.3 is 15.8 Å². The molecule has 106 valence electrons. The summed E-state index contributed by atoms with van der Waals surface area (Å²) in [6.07, 6.45) is 5.08. The standard InChI is InChI=1S/C16H26N2O/c1-16(12-17,18-10-9-13-3-4-13)11-14-5-7-15(19-2)8-6-14/h5-8,13,18H,3-4,9-12,17H2,1-2H3. The molecule has 0 saturated heterocycles. The third kappa shape index (κ3) is 4.51. The number of methoxy groups -OCH3 is 1. The fraction of sp³-hybridized carbons (Fsp3) is 0.625. The predicted octanol–water partition coefficient (Wildman–Crippen LogP) is 2.34. The van der Waals surface area contributed by atoms with Crippen molar-refractivity contribution in [2.24, 2.45) is 11.7 Å². The van der Waals surface area contributed by atoms with Crippen LogP contribution in [0.5, 0.6) is 5.75 Å². The Balaban J connectivity index is 1.87. The van der Waals surface area contributed by atoms with Gasteiger partial charge in [0, 0.05) is 12.1 Å². The number of ether oxygens (including phenoxy) is 1. The van der Waals surface area contributed by atoms with Crippen molar-refractivity contribution in [2.75, 3.05) is 20.2 Å². The summed E-state index contributed by atoms with van der Waals surface area (Å²) in [4.78, 5) is 0. The molecule has 0 radical (unpaired) electrons. The average molecular weight is 262 g/mol. The Morgan fingerprint density at radius 2 is 2.00 bits per heavy atom. The van der Waals surface area contributed by atoms with E-state index in [1.54, 1.807) is 7.11 Å². The first-order chi connectivity index (χ1) is 9.15. The molecule has 0 bridgehead atoms. The Morgan fingerprint density at radius 3 is 2.53 bits per heavy atom. The van der Waals surface area contributed by atoms with Crippen LogP contribution in [0.25, 0.3) is 0 Å². The van der Waals surface area contributed by atoms with Crippen LogP contribution in [-0.4, -0.2) is 25.7 Å². The molecule has 3 N–H and O–H groups in total. The summed E-state index contributed by atoms with van der Waals surface area (Å²) in [6.45, 7) is 3.95. The van der Waals surface area contributed by atoms with Gasteiger partial charge in [-0.3, -0.25) is 0 Å². The fourth-order valence-electron chi connectivity index (χ4n) is 2.39. The molecule has 1 aliphatic carbocycles. The Hall–Kier alpha value is -1.06. The van der Waals surface area contributed by atoms with Crippen molar-refractivity contribution >= 4 is 0 Å². The van der Waals surface area contributed by atoms with Crippen LogP contribution in [-0.2, 0) is 6.42 Å². The van der Waals surface area contributed by atoms with E-state index >= 15 is 0 Å². The van der Waals surface area contributed by atoms with Gasteiger partial charge in [0.25, 0.3) is 0 Å². The average Bonchev–Trinajstić information content (AvgIpc) is 3.24. The lowest BCUT2D eigenvalue weighted by molar-refractivity contribution is 0.355. The normalized spacial score (nSPS) is 18.1. The highest BCUT2D eigenvalue weighted by Crippen LogP contribution is 2.32. The number of hydrogen-bond acceptors (Lipinski definition) is 3. The number of nitrogens with two attached hydrogens (primary N) is 1. The molecular formula is C16H26N2O. The first-order valence-electron chi connectivity index (χ1n) is 7.23. The van der Waals surface area contributed by atoms with E-state index in [-0.39, 0.29) is 5.54 Å². The van der Waals surface area contributed by atoms with E-state index < -0.39 is 0 Å². The SMILES string of the molecule is COc1ccc(CC(C)(CN)NCCC2CC2)cc1. The summed E-state index contributed by atoms with van der Waals surface area (Å²) in [5.41, 5.74) is 7.24. The number of rotatable bonds is 8. The van der Waals surface area contributed by atoms with Crippen molar-refractivity contribution in [3.8, 4) is 5.75 Å². The molecule has 0 heterocycles. The van der Waals surface area contributed by atoms with E-state index in [4.69, 9.17) is 10.5 Å². The summed E-state index contributed by atoms with van der Waals surface area (Å²) in [7, 11) is 1.69. The first-order valence-corrected chi connectivity index (χ1v) is 7.23. The lowest BCUT2D eigenvalue weighted by Gasteiger charge is -2.30. The molecular weight excluding hydrogens is 236 g/mol. The van der Waals surface area contributed by atoms with Crippen LogP contribution in [0.1, 0.15) is 31.7 Å². The number of benzene rings is 1. The molecule has 3 heteroatoms. The van der Waals surface area contributed by atoms with Gasteiger partial charge in [-0.15, -0.1) is 0 Å². The summed E-state index contributed by atoms with van der Waals surface area (Å²) < 4.78 is 5.18. The smallest absolute Gasteiger partial charge is 0.118 e. The molecule has 1 atom stereocenters. The summed E-state index contributed by atoms with van der Waals surface area (Å²) >= 11 is 0. The monoisotopic (exact) mass is 262 g/mol. The van der Waals surface area contributed by atoms with Gasteiger partial charge in [0.05, 0.1) is 7.11 Å². The van der Waals surface area contributed by atoms with Gasteiger partial charge in [-0.1, -0.05) is 25.0 Å². The minimum absolute atomic E-state index is 0.0104. The van der Waals surface area contributed by atoms with Gasteiger partial charge in [-0.25, -0.2) is 0 Å². The van der Waals surface area contributed by atoms with Crippen molar-refractivity contribution in [1.29, 1.82) is 0 Å². The molecule has 1 saturated carbocycles. The van der Waals surface area contributed by atoms with Crippen LogP contribution in [0.2, 0.25) is 0 Å². The number of nitrogens with one attached hydrogen (secondary N) is 1. The van der Waals surface area contributed by atoms with Crippen molar-refractivity contribution in [3.63, 3.8) is 0 Å². The molecule has 1 aromatic rings. The second kappa shape index (κ2) is 6.40. The highest BCUT2D eigenvalue weighted by atomic mass is 16.5. The van der Waals surface area contributed by atoms with Crippen LogP contribution >= 0.6 is 0 Å². The van der Waals surface area contributed by atoms with Gasteiger partial charge >= 0.3 is 0 Å². The maximum atomic E-state index is 5.96. The van der Waals surface area contributed by atoms with E-state index in [1.807, 2.05) is 12.1 Å². The molecule has 1 aliphatic rings. The molecule has 2 rings (SSSR count). The summed E-state index contributed by atoms with van der Waals surface area (Å²) in [6, 6.07) is 8.26. The third-order valence-corrected chi connectivity index (χ3v) is 4.01. The highest BCUT2D eigenvalue weighted by molar-refractivity contribution is 5.28. The topological polar surface area (TPSA) is 47.3 Å². The van der Waals surface area contributed by atoms with Crippen molar-refractivity contribution < 1.29 is 4.74 Å². The molecule has 3 nitrogen and oxygen atoms in total. The lowest BCUT2D eigenvalue weighted by Crippen LogP contribution is -2.50. The Morgan fingerprint density at radius 1 is 1.32 bits per heavy atom. The van der Waals surface area contributed by atoms with Crippen molar-refractivity contribution in [3.05, 3.63) is 29.8 Å². The fourth-order valence-corrected chi connectivity index (χ4v) is 2.39. The van der Waals surface area contributed by atoms with Crippen LogP contribution in [0.4, 0.5) is 0 Å². The van der Waals surface area contributed by atoms with Crippen LogP contribution in [0, 0.1) is 5.92 Å². The molecule has 1 fully saturated rings.